The highest BCUT2D eigenvalue weighted by Gasteiger charge is 2.29. The largest absolute Gasteiger partial charge is 0.392 e. The van der Waals surface area contributed by atoms with Crippen LogP contribution in [0.5, 0.6) is 0 Å². The Bertz CT molecular complexity index is 174. The highest BCUT2D eigenvalue weighted by Crippen LogP contribution is 2.25. The molecule has 1 heterocycles. The van der Waals surface area contributed by atoms with Crippen LogP contribution in [-0.4, -0.2) is 41.3 Å². The fourth-order valence-electron chi connectivity index (χ4n) is 2.64. The molecule has 0 amide bonds. The molecule has 3 nitrogen and oxygen atoms in total. The van der Waals surface area contributed by atoms with Crippen LogP contribution in [0, 0.1) is 0 Å². The van der Waals surface area contributed by atoms with Gasteiger partial charge in [0.05, 0.1) is 6.10 Å². The lowest BCUT2D eigenvalue weighted by molar-refractivity contribution is 0.0476. The first-order valence-corrected chi connectivity index (χ1v) is 5.43. The number of β-amino-alcohol motifs (C(OH)–C–C–N with tert-alkyl or cyclic N) is 1. The molecule has 0 aromatic carbocycles. The number of aliphatic hydroxyl groups is 1. The van der Waals surface area contributed by atoms with Crippen LogP contribution in [0.15, 0.2) is 0 Å². The second kappa shape index (κ2) is 3.95. The number of likely N-dealkylation sites (tertiary alicyclic amines) is 1. The van der Waals surface area contributed by atoms with Gasteiger partial charge in [0.1, 0.15) is 0 Å². The molecular weight excluding hydrogens is 164 g/mol. The molecule has 1 aliphatic carbocycles. The Morgan fingerprint density at radius 2 is 2.08 bits per heavy atom. The predicted octanol–water partition coefficient (Wildman–Crippen LogP) is 0.323. The first-order chi connectivity index (χ1) is 6.25. The Kier molecular flexibility index (Phi) is 2.86. The van der Waals surface area contributed by atoms with Crippen molar-refractivity contribution in [3.05, 3.63) is 0 Å². The molecule has 1 saturated carbocycles. The lowest BCUT2D eigenvalue weighted by Gasteiger charge is -2.34. The normalized spacial score (nSPS) is 42.5. The molecule has 2 rings (SSSR count). The summed E-state index contributed by atoms with van der Waals surface area (Å²) in [5, 5.41) is 9.53. The van der Waals surface area contributed by atoms with Gasteiger partial charge in [0.2, 0.25) is 0 Å². The van der Waals surface area contributed by atoms with E-state index in [-0.39, 0.29) is 6.10 Å². The summed E-state index contributed by atoms with van der Waals surface area (Å²) in [6, 6.07) is 1.06. The zero-order chi connectivity index (χ0) is 9.26. The highest BCUT2D eigenvalue weighted by molar-refractivity contribution is 4.87. The molecule has 2 aliphatic rings. The molecule has 2 fully saturated rings. The minimum atomic E-state index is -0.0921. The number of nitrogens with zero attached hydrogens (tertiary/aromatic N) is 1. The maximum atomic E-state index is 9.53. The third-order valence-electron chi connectivity index (χ3n) is 3.39. The maximum Gasteiger partial charge on any atom is 0.0667 e. The quantitative estimate of drug-likeness (QED) is 0.617. The summed E-state index contributed by atoms with van der Waals surface area (Å²) in [6.07, 6.45) is 5.56. The minimum Gasteiger partial charge on any atom is -0.392 e. The van der Waals surface area contributed by atoms with Crippen molar-refractivity contribution in [1.29, 1.82) is 0 Å². The van der Waals surface area contributed by atoms with Crippen LogP contribution < -0.4 is 5.73 Å². The van der Waals surface area contributed by atoms with Gasteiger partial charge in [-0.05, 0) is 38.6 Å². The van der Waals surface area contributed by atoms with E-state index in [2.05, 4.69) is 4.90 Å². The van der Waals surface area contributed by atoms with Crippen LogP contribution in [-0.2, 0) is 0 Å². The molecule has 0 aromatic heterocycles. The Morgan fingerprint density at radius 1 is 1.23 bits per heavy atom. The van der Waals surface area contributed by atoms with Gasteiger partial charge >= 0.3 is 0 Å². The first kappa shape index (κ1) is 9.44. The molecule has 0 bridgehead atoms. The lowest BCUT2D eigenvalue weighted by atomic mass is 10.1. The lowest BCUT2D eigenvalue weighted by Crippen LogP contribution is -2.44. The van der Waals surface area contributed by atoms with Crippen molar-refractivity contribution < 1.29 is 5.11 Å². The van der Waals surface area contributed by atoms with E-state index in [1.807, 2.05) is 0 Å². The van der Waals surface area contributed by atoms with Gasteiger partial charge < -0.3 is 10.8 Å². The molecule has 1 saturated heterocycles. The molecule has 3 atom stereocenters. The average Bonchev–Trinajstić information content (AvgIpc) is 2.52. The smallest absolute Gasteiger partial charge is 0.0667 e. The fraction of sp³-hybridized carbons (Fsp3) is 1.00. The van der Waals surface area contributed by atoms with E-state index in [1.165, 1.54) is 6.42 Å². The zero-order valence-corrected chi connectivity index (χ0v) is 8.15. The number of hydrogen-bond acceptors (Lipinski definition) is 3. The van der Waals surface area contributed by atoms with E-state index >= 15 is 0 Å². The Morgan fingerprint density at radius 3 is 2.69 bits per heavy atom. The van der Waals surface area contributed by atoms with Gasteiger partial charge in [-0.25, -0.2) is 0 Å². The molecule has 3 unspecified atom stereocenters. The van der Waals surface area contributed by atoms with Crippen LogP contribution in [0.25, 0.3) is 0 Å². The second-order valence-corrected chi connectivity index (χ2v) is 4.52. The van der Waals surface area contributed by atoms with Crippen LogP contribution in [0.3, 0.4) is 0 Å². The second-order valence-electron chi connectivity index (χ2n) is 4.52. The van der Waals surface area contributed by atoms with Crippen molar-refractivity contribution in [2.75, 3.05) is 13.1 Å². The summed E-state index contributed by atoms with van der Waals surface area (Å²) in [5.41, 5.74) is 5.88. The molecule has 3 heteroatoms. The molecule has 1 aliphatic heterocycles. The molecule has 3 N–H and O–H groups in total. The number of piperidine rings is 1. The summed E-state index contributed by atoms with van der Waals surface area (Å²) in [5.74, 6) is 0. The molecular formula is C10H20N2O. The summed E-state index contributed by atoms with van der Waals surface area (Å²) in [7, 11) is 0. The summed E-state index contributed by atoms with van der Waals surface area (Å²) >= 11 is 0. The number of rotatable bonds is 1. The SMILES string of the molecule is NC1CCC(N2CCCC(O)C2)C1. The topological polar surface area (TPSA) is 49.5 Å². The van der Waals surface area contributed by atoms with Crippen LogP contribution in [0.4, 0.5) is 0 Å². The van der Waals surface area contributed by atoms with Crippen molar-refractivity contribution in [2.24, 2.45) is 5.73 Å². The van der Waals surface area contributed by atoms with Crippen molar-refractivity contribution in [3.63, 3.8) is 0 Å². The van der Waals surface area contributed by atoms with Gasteiger partial charge in [-0.1, -0.05) is 0 Å². The molecule has 76 valence electrons. The first-order valence-electron chi connectivity index (χ1n) is 5.43. The van der Waals surface area contributed by atoms with Crippen LogP contribution in [0.2, 0.25) is 0 Å². The van der Waals surface area contributed by atoms with Gasteiger partial charge in [-0.15, -0.1) is 0 Å². The maximum absolute atomic E-state index is 9.53. The summed E-state index contributed by atoms with van der Waals surface area (Å²) in [6.45, 7) is 2.03. The molecule has 0 radical (unpaired) electrons. The van der Waals surface area contributed by atoms with Crippen molar-refractivity contribution >= 4 is 0 Å². The fourth-order valence-corrected chi connectivity index (χ4v) is 2.64. The Hall–Kier alpha value is -0.120. The van der Waals surface area contributed by atoms with E-state index in [1.54, 1.807) is 0 Å². The van der Waals surface area contributed by atoms with Gasteiger partial charge in [0.15, 0.2) is 0 Å². The number of nitrogens with two attached hydrogens (primary N) is 1. The van der Waals surface area contributed by atoms with E-state index < -0.39 is 0 Å². The number of hydrogen-bond donors (Lipinski definition) is 2. The summed E-state index contributed by atoms with van der Waals surface area (Å²) in [4.78, 5) is 2.43. The minimum absolute atomic E-state index is 0.0921. The highest BCUT2D eigenvalue weighted by atomic mass is 16.3. The van der Waals surface area contributed by atoms with Crippen LogP contribution >= 0.6 is 0 Å². The molecule has 0 spiro atoms. The summed E-state index contributed by atoms with van der Waals surface area (Å²) < 4.78 is 0. The number of aliphatic hydroxyl groups excluding tert-OH is 1. The zero-order valence-electron chi connectivity index (χ0n) is 8.15. The molecule has 13 heavy (non-hydrogen) atoms. The monoisotopic (exact) mass is 184 g/mol. The predicted molar refractivity (Wildman–Crippen MR) is 52.4 cm³/mol. The Balaban J connectivity index is 1.85. The van der Waals surface area contributed by atoms with E-state index in [0.29, 0.717) is 12.1 Å². The van der Waals surface area contributed by atoms with Crippen molar-refractivity contribution in [1.82, 2.24) is 4.90 Å². The third kappa shape index (κ3) is 2.22. The van der Waals surface area contributed by atoms with E-state index in [9.17, 15) is 5.11 Å². The third-order valence-corrected chi connectivity index (χ3v) is 3.39. The van der Waals surface area contributed by atoms with E-state index in [0.717, 1.165) is 38.8 Å². The van der Waals surface area contributed by atoms with Gasteiger partial charge in [0, 0.05) is 18.6 Å². The Labute approximate surface area is 79.9 Å². The van der Waals surface area contributed by atoms with Gasteiger partial charge in [-0.2, -0.15) is 0 Å². The standard InChI is InChI=1S/C10H20N2O/c11-8-3-4-9(6-8)12-5-1-2-10(13)7-12/h8-10,13H,1-7,11H2. The van der Waals surface area contributed by atoms with Crippen molar-refractivity contribution in [3.8, 4) is 0 Å². The van der Waals surface area contributed by atoms with Crippen LogP contribution in [0.1, 0.15) is 32.1 Å². The average molecular weight is 184 g/mol. The van der Waals surface area contributed by atoms with Gasteiger partial charge in [0.25, 0.3) is 0 Å². The molecule has 0 aromatic rings. The van der Waals surface area contributed by atoms with E-state index in [4.69, 9.17) is 5.73 Å². The van der Waals surface area contributed by atoms with Gasteiger partial charge in [-0.3, -0.25) is 4.90 Å². The van der Waals surface area contributed by atoms with Crippen molar-refractivity contribution in [2.45, 2.75) is 50.3 Å².